The van der Waals surface area contributed by atoms with Crippen LogP contribution in [0.5, 0.6) is 0 Å². The van der Waals surface area contributed by atoms with Crippen molar-refractivity contribution in [3.8, 4) is 0 Å². The Kier molecular flexibility index (Phi) is 5.26. The van der Waals surface area contributed by atoms with Crippen molar-refractivity contribution in [3.63, 3.8) is 0 Å². The van der Waals surface area contributed by atoms with Crippen LogP contribution >= 0.6 is 11.5 Å². The van der Waals surface area contributed by atoms with Crippen LogP contribution in [-0.4, -0.2) is 16.1 Å². The zero-order valence-corrected chi connectivity index (χ0v) is 13.5. The maximum Gasteiger partial charge on any atom is 0.0772 e. The Balaban J connectivity index is 2.23. The standard InChI is InChI=1S/C16H23N3S/c1-5-8-17-15(16-13(4)18-19-20-16)10-14-9-11(2)6-7-12(14)3/h6-7,9,15,17H,5,8,10H2,1-4H3. The van der Waals surface area contributed by atoms with Crippen molar-refractivity contribution in [2.24, 2.45) is 0 Å². The molecule has 0 saturated heterocycles. The number of nitrogens with one attached hydrogen (secondary N) is 1. The highest BCUT2D eigenvalue weighted by Crippen LogP contribution is 2.25. The van der Waals surface area contributed by atoms with Gasteiger partial charge in [0.2, 0.25) is 0 Å². The van der Waals surface area contributed by atoms with Crippen LogP contribution in [0.1, 0.15) is 46.6 Å². The average Bonchev–Trinajstić information content (AvgIpc) is 2.84. The maximum absolute atomic E-state index is 4.16. The fourth-order valence-corrected chi connectivity index (χ4v) is 3.09. The summed E-state index contributed by atoms with van der Waals surface area (Å²) < 4.78 is 4.08. The third-order valence-corrected chi connectivity index (χ3v) is 4.51. The van der Waals surface area contributed by atoms with Gasteiger partial charge in [0.25, 0.3) is 0 Å². The molecule has 0 spiro atoms. The molecule has 0 aliphatic heterocycles. The Labute approximate surface area is 125 Å². The number of aryl methyl sites for hydroxylation is 3. The first-order chi connectivity index (χ1) is 9.61. The number of nitrogens with zero attached hydrogens (tertiary/aromatic N) is 2. The largest absolute Gasteiger partial charge is 0.309 e. The van der Waals surface area contributed by atoms with Gasteiger partial charge in [0.05, 0.1) is 10.6 Å². The predicted octanol–water partition coefficient (Wildman–Crippen LogP) is 3.75. The predicted molar refractivity (Wildman–Crippen MR) is 85.3 cm³/mol. The van der Waals surface area contributed by atoms with Gasteiger partial charge in [0, 0.05) is 6.04 Å². The van der Waals surface area contributed by atoms with E-state index in [4.69, 9.17) is 0 Å². The SMILES string of the molecule is CCCNC(Cc1cc(C)ccc1C)c1snnc1C. The molecule has 1 aromatic heterocycles. The molecule has 2 rings (SSSR count). The van der Waals surface area contributed by atoms with Crippen molar-refractivity contribution in [2.45, 2.75) is 46.6 Å². The lowest BCUT2D eigenvalue weighted by molar-refractivity contribution is 0.532. The molecule has 4 heteroatoms. The minimum atomic E-state index is 0.315. The van der Waals surface area contributed by atoms with Crippen LogP contribution in [0.3, 0.4) is 0 Å². The van der Waals surface area contributed by atoms with E-state index in [1.165, 1.54) is 33.1 Å². The van der Waals surface area contributed by atoms with Gasteiger partial charge in [-0.25, -0.2) is 0 Å². The molecule has 0 bridgehead atoms. The van der Waals surface area contributed by atoms with Crippen molar-refractivity contribution in [2.75, 3.05) is 6.54 Å². The summed E-state index contributed by atoms with van der Waals surface area (Å²) in [6.07, 6.45) is 2.13. The summed E-state index contributed by atoms with van der Waals surface area (Å²) in [5, 5.41) is 7.79. The Morgan fingerprint density at radius 3 is 2.70 bits per heavy atom. The van der Waals surface area contributed by atoms with Gasteiger partial charge in [-0.15, -0.1) is 5.10 Å². The zero-order chi connectivity index (χ0) is 14.5. The molecule has 3 nitrogen and oxygen atoms in total. The van der Waals surface area contributed by atoms with Crippen molar-refractivity contribution in [1.29, 1.82) is 0 Å². The summed E-state index contributed by atoms with van der Waals surface area (Å²) in [4.78, 5) is 1.26. The minimum absolute atomic E-state index is 0.315. The Morgan fingerprint density at radius 1 is 1.25 bits per heavy atom. The first-order valence-corrected chi connectivity index (χ1v) is 7.97. The fourth-order valence-electron chi connectivity index (χ4n) is 2.37. The summed E-state index contributed by atoms with van der Waals surface area (Å²) >= 11 is 1.51. The van der Waals surface area contributed by atoms with Gasteiger partial charge >= 0.3 is 0 Å². The minimum Gasteiger partial charge on any atom is -0.309 e. The zero-order valence-electron chi connectivity index (χ0n) is 12.7. The molecule has 20 heavy (non-hydrogen) atoms. The molecule has 1 heterocycles. The average molecular weight is 289 g/mol. The van der Waals surface area contributed by atoms with Gasteiger partial charge < -0.3 is 5.32 Å². The molecule has 0 saturated carbocycles. The van der Waals surface area contributed by atoms with Crippen molar-refractivity contribution < 1.29 is 0 Å². The Bertz CT molecular complexity index is 563. The molecule has 1 N–H and O–H groups in total. The van der Waals surface area contributed by atoms with Crippen LogP contribution in [0.4, 0.5) is 0 Å². The Hall–Kier alpha value is -1.26. The van der Waals surface area contributed by atoms with E-state index in [1.54, 1.807) is 0 Å². The van der Waals surface area contributed by atoms with E-state index in [0.717, 1.165) is 25.1 Å². The third kappa shape index (κ3) is 3.64. The van der Waals surface area contributed by atoms with Gasteiger partial charge in [0.15, 0.2) is 0 Å². The molecule has 1 unspecified atom stereocenters. The monoisotopic (exact) mass is 289 g/mol. The summed E-state index contributed by atoms with van der Waals surface area (Å²) in [5.74, 6) is 0. The fraction of sp³-hybridized carbons (Fsp3) is 0.500. The van der Waals surface area contributed by atoms with E-state index in [0.29, 0.717) is 6.04 Å². The van der Waals surface area contributed by atoms with E-state index < -0.39 is 0 Å². The summed E-state index contributed by atoms with van der Waals surface area (Å²) in [6.45, 7) is 9.59. The van der Waals surface area contributed by atoms with E-state index in [9.17, 15) is 0 Å². The summed E-state index contributed by atoms with van der Waals surface area (Å²) in [7, 11) is 0. The van der Waals surface area contributed by atoms with Crippen LogP contribution in [-0.2, 0) is 6.42 Å². The molecular formula is C16H23N3S. The molecule has 108 valence electrons. The van der Waals surface area contributed by atoms with E-state index in [1.807, 2.05) is 6.92 Å². The number of rotatable bonds is 6. The number of benzene rings is 1. The van der Waals surface area contributed by atoms with Crippen LogP contribution in [0.2, 0.25) is 0 Å². The smallest absolute Gasteiger partial charge is 0.0772 e. The quantitative estimate of drug-likeness (QED) is 0.880. The molecule has 0 fully saturated rings. The topological polar surface area (TPSA) is 37.8 Å². The number of hydrogen-bond acceptors (Lipinski definition) is 4. The second-order valence-electron chi connectivity index (χ2n) is 5.36. The van der Waals surface area contributed by atoms with Crippen LogP contribution < -0.4 is 5.32 Å². The highest BCUT2D eigenvalue weighted by molar-refractivity contribution is 7.05. The van der Waals surface area contributed by atoms with Crippen LogP contribution in [0.15, 0.2) is 18.2 Å². The van der Waals surface area contributed by atoms with Crippen molar-refractivity contribution in [1.82, 2.24) is 14.9 Å². The highest BCUT2D eigenvalue weighted by Gasteiger charge is 2.18. The van der Waals surface area contributed by atoms with Gasteiger partial charge in [-0.3, -0.25) is 0 Å². The second-order valence-corrected chi connectivity index (χ2v) is 6.15. The van der Waals surface area contributed by atoms with Gasteiger partial charge in [-0.2, -0.15) is 0 Å². The lowest BCUT2D eigenvalue weighted by Gasteiger charge is -2.19. The molecule has 2 aromatic rings. The Morgan fingerprint density at radius 2 is 2.05 bits per heavy atom. The van der Waals surface area contributed by atoms with Crippen molar-refractivity contribution in [3.05, 3.63) is 45.5 Å². The summed E-state index contributed by atoms with van der Waals surface area (Å²) in [6, 6.07) is 6.99. The molecule has 1 atom stereocenters. The first-order valence-electron chi connectivity index (χ1n) is 7.20. The van der Waals surface area contributed by atoms with Crippen LogP contribution in [0.25, 0.3) is 0 Å². The van der Waals surface area contributed by atoms with Gasteiger partial charge in [-0.05, 0) is 62.8 Å². The molecular weight excluding hydrogens is 266 g/mol. The molecule has 1 aromatic carbocycles. The van der Waals surface area contributed by atoms with Gasteiger partial charge in [0.1, 0.15) is 0 Å². The summed E-state index contributed by atoms with van der Waals surface area (Å²) in [5.41, 5.74) is 5.13. The number of hydrogen-bond donors (Lipinski definition) is 1. The van der Waals surface area contributed by atoms with E-state index in [2.05, 4.69) is 53.9 Å². The maximum atomic E-state index is 4.16. The number of aromatic nitrogens is 2. The highest BCUT2D eigenvalue weighted by atomic mass is 32.1. The van der Waals surface area contributed by atoms with E-state index in [-0.39, 0.29) is 0 Å². The molecule has 0 aliphatic carbocycles. The first kappa shape index (κ1) is 15.1. The van der Waals surface area contributed by atoms with Crippen LogP contribution in [0, 0.1) is 20.8 Å². The molecule has 0 aliphatic rings. The van der Waals surface area contributed by atoms with Crippen molar-refractivity contribution >= 4 is 11.5 Å². The lowest BCUT2D eigenvalue weighted by atomic mass is 9.97. The third-order valence-electron chi connectivity index (χ3n) is 3.57. The van der Waals surface area contributed by atoms with E-state index >= 15 is 0 Å². The normalized spacial score (nSPS) is 12.6. The second kappa shape index (κ2) is 6.95. The lowest BCUT2D eigenvalue weighted by Crippen LogP contribution is -2.24. The molecule has 0 amide bonds. The van der Waals surface area contributed by atoms with Gasteiger partial charge in [-0.1, -0.05) is 35.2 Å². The molecule has 0 radical (unpaired) electrons.